The van der Waals surface area contributed by atoms with E-state index in [9.17, 15) is 46.7 Å². The van der Waals surface area contributed by atoms with Crippen LogP contribution in [0.3, 0.4) is 0 Å². The fourth-order valence-electron chi connectivity index (χ4n) is 8.98. The zero-order valence-corrected chi connectivity index (χ0v) is 55.4. The number of ether oxygens (including phenoxy) is 12. The average Bonchev–Trinajstić information content (AvgIpc) is 0.936. The van der Waals surface area contributed by atoms with E-state index in [0.717, 1.165) is 17.2 Å². The summed E-state index contributed by atoms with van der Waals surface area (Å²) in [6.07, 6.45) is 6.08. The van der Waals surface area contributed by atoms with Crippen LogP contribution in [-0.2, 0) is 94.3 Å². The smallest absolute Gasteiger partial charge is 0.323 e. The Kier molecular flexibility index (Phi) is 38.5. The lowest BCUT2D eigenvalue weighted by Crippen LogP contribution is -2.49. The van der Waals surface area contributed by atoms with E-state index in [1.165, 1.54) is 18.5 Å². The molecule has 3 heterocycles. The lowest BCUT2D eigenvalue weighted by atomic mass is 10.1. The Labute approximate surface area is 556 Å². The van der Waals surface area contributed by atoms with Crippen molar-refractivity contribution in [3.8, 4) is 0 Å². The number of aromatic amines is 1. The molecule has 0 aliphatic heterocycles. The summed E-state index contributed by atoms with van der Waals surface area (Å²) >= 11 is 0. The molecule has 3 aromatic heterocycles. The van der Waals surface area contributed by atoms with Crippen molar-refractivity contribution in [2.24, 2.45) is 0 Å². The van der Waals surface area contributed by atoms with Crippen LogP contribution in [0.15, 0.2) is 76.9 Å². The predicted octanol–water partition coefficient (Wildman–Crippen LogP) is 1.21. The molecule has 0 radical (unpaired) electrons. The number of carbonyl (C=O) groups is 5. The van der Waals surface area contributed by atoms with Gasteiger partial charge in [0.05, 0.1) is 161 Å². The minimum Gasteiger partial charge on any atom is -0.480 e. The summed E-state index contributed by atoms with van der Waals surface area (Å²) in [4.78, 5) is 87.1. The van der Waals surface area contributed by atoms with Gasteiger partial charge in [-0.25, -0.2) is 18.4 Å². The minimum atomic E-state index is -4.35. The fraction of sp³-hybridized carbons (Fsp3) is 0.556. The second kappa shape index (κ2) is 46.6. The van der Waals surface area contributed by atoms with Gasteiger partial charge >= 0.3 is 5.97 Å². The first kappa shape index (κ1) is 79.2. The van der Waals surface area contributed by atoms with Crippen LogP contribution in [-0.4, -0.2) is 253 Å². The number of aliphatic carboxylic acids is 1. The molecular formula is C63H91FN10O21S. The Morgan fingerprint density at radius 2 is 1.08 bits per heavy atom. The average molecular weight is 1380 g/mol. The van der Waals surface area contributed by atoms with E-state index in [0.29, 0.717) is 181 Å². The van der Waals surface area contributed by atoms with Gasteiger partial charge in [-0.3, -0.25) is 28.8 Å². The standard InChI is InChI=1S/C63H91FN10O21S/c1-46-37-47(2)59(48(3)38-46)96(82,83)73-53(62(80)81)42-71-61(79)52-43-74(54-39-49(5-7-51(54)58(52)77)40-72-63-68-10-11-69-63)14-4-9-65-56(75)44-95-45-57(76)66-12-15-84-17-19-86-21-23-88-25-27-90-29-31-92-33-35-94-36-34-93-32-30-91-28-26-89-24-22-87-20-18-85-16-13-67-60(78)50-6-8-55(64)70-41-50/h5-8,10-11,37-39,41,43,53,73H,4,9,12-36,40,42,44-45H2,1-3H3,(H,65,75)(H,66,76)(H,67,78)(H,71,79)(H,80,81)(H2,68,69,72)/t53-/m1/s1. The van der Waals surface area contributed by atoms with Crippen LogP contribution in [0, 0.1) is 26.7 Å². The van der Waals surface area contributed by atoms with Gasteiger partial charge in [-0.1, -0.05) is 23.8 Å². The van der Waals surface area contributed by atoms with Gasteiger partial charge in [-0.05, 0) is 68.1 Å². The van der Waals surface area contributed by atoms with E-state index < -0.39 is 64.3 Å². The van der Waals surface area contributed by atoms with Crippen molar-refractivity contribution < 1.29 is 98.7 Å². The highest BCUT2D eigenvalue weighted by molar-refractivity contribution is 7.89. The number of benzene rings is 2. The zero-order chi connectivity index (χ0) is 69.0. The maximum Gasteiger partial charge on any atom is 0.323 e. The molecule has 0 fully saturated rings. The number of halogens is 1. The highest BCUT2D eigenvalue weighted by Gasteiger charge is 2.29. The van der Waals surface area contributed by atoms with E-state index in [1.807, 2.05) is 0 Å². The number of aromatic nitrogens is 4. The summed E-state index contributed by atoms with van der Waals surface area (Å²) in [5.74, 6) is -3.87. The van der Waals surface area contributed by atoms with E-state index in [4.69, 9.17) is 56.8 Å². The minimum absolute atomic E-state index is 0.0731. The first-order valence-electron chi connectivity index (χ1n) is 31.4. The van der Waals surface area contributed by atoms with Gasteiger partial charge in [0.1, 0.15) is 24.8 Å². The highest BCUT2D eigenvalue weighted by Crippen LogP contribution is 2.22. The molecule has 0 bridgehead atoms. The molecule has 33 heteroatoms. The summed E-state index contributed by atoms with van der Waals surface area (Å²) in [6.45, 7) is 13.3. The number of nitrogens with zero attached hydrogens (tertiary/aromatic N) is 3. The van der Waals surface area contributed by atoms with E-state index in [1.54, 1.807) is 68.1 Å². The molecule has 5 aromatic rings. The number of anilines is 1. The van der Waals surface area contributed by atoms with E-state index in [2.05, 4.69) is 46.3 Å². The van der Waals surface area contributed by atoms with Gasteiger partial charge in [0.15, 0.2) is 5.95 Å². The number of aryl methyl sites for hydroxylation is 4. The molecule has 0 saturated heterocycles. The molecule has 0 aliphatic carbocycles. The number of carbonyl (C=O) groups excluding carboxylic acids is 4. The van der Waals surface area contributed by atoms with Crippen LogP contribution in [0.4, 0.5) is 10.3 Å². The summed E-state index contributed by atoms with van der Waals surface area (Å²) in [5, 5.41) is 23.8. The van der Waals surface area contributed by atoms with Crippen molar-refractivity contribution in [3.63, 3.8) is 0 Å². The second-order valence-corrected chi connectivity index (χ2v) is 22.7. The molecule has 532 valence electrons. The largest absolute Gasteiger partial charge is 0.480 e. The molecule has 0 spiro atoms. The molecule has 0 aliphatic rings. The van der Waals surface area contributed by atoms with Crippen LogP contribution >= 0.6 is 0 Å². The summed E-state index contributed by atoms with van der Waals surface area (Å²) in [5.41, 5.74) is 2.22. The van der Waals surface area contributed by atoms with Gasteiger partial charge in [0.25, 0.3) is 11.8 Å². The monoisotopic (exact) mass is 1370 g/mol. The summed E-state index contributed by atoms with van der Waals surface area (Å²) < 4.78 is 109. The van der Waals surface area contributed by atoms with Gasteiger partial charge < -0.3 is 98.1 Å². The number of hydrogen-bond acceptors (Lipinski definition) is 23. The number of imidazole rings is 1. The second-order valence-electron chi connectivity index (χ2n) is 21.1. The third-order valence-electron chi connectivity index (χ3n) is 13.5. The van der Waals surface area contributed by atoms with Gasteiger partial charge in [0, 0.05) is 69.4 Å². The van der Waals surface area contributed by atoms with Gasteiger partial charge in [0.2, 0.25) is 33.2 Å². The molecule has 5 rings (SSSR count). The molecule has 1 atom stereocenters. The fourth-order valence-corrected chi connectivity index (χ4v) is 10.6. The molecule has 4 amide bonds. The lowest BCUT2D eigenvalue weighted by Gasteiger charge is -2.19. The Bertz CT molecular complexity index is 3250. The number of carboxylic acids is 1. The summed E-state index contributed by atoms with van der Waals surface area (Å²) in [6, 6.07) is 9.08. The van der Waals surface area contributed by atoms with Crippen molar-refractivity contribution in [3.05, 3.63) is 117 Å². The van der Waals surface area contributed by atoms with Gasteiger partial charge in [-0.2, -0.15) is 9.11 Å². The Morgan fingerprint density at radius 3 is 1.55 bits per heavy atom. The first-order valence-corrected chi connectivity index (χ1v) is 32.9. The van der Waals surface area contributed by atoms with Crippen LogP contribution in [0.1, 0.15) is 49.4 Å². The maximum absolute atomic E-state index is 13.8. The maximum atomic E-state index is 13.8. The number of sulfonamides is 1. The number of carboxylic acid groups (broad SMARTS) is 1. The molecule has 0 saturated carbocycles. The molecular weight excluding hydrogens is 1280 g/mol. The normalized spacial score (nSPS) is 11.8. The van der Waals surface area contributed by atoms with Crippen molar-refractivity contribution in [2.75, 3.05) is 190 Å². The molecule has 31 nitrogen and oxygen atoms in total. The third-order valence-corrected chi connectivity index (χ3v) is 15.2. The van der Waals surface area contributed by atoms with Crippen LogP contribution in [0.5, 0.6) is 0 Å². The van der Waals surface area contributed by atoms with Crippen molar-refractivity contribution in [1.29, 1.82) is 0 Å². The number of pyridine rings is 2. The molecule has 0 unspecified atom stereocenters. The first-order chi connectivity index (χ1) is 46.5. The molecule has 2 aromatic carbocycles. The SMILES string of the molecule is Cc1cc(C)c(S(=O)(=O)N[C@H](CNC(=O)c2cn(CCCNC(=O)COCC(=O)NCCOCCOCCOCCOCCOCCOCCOCCOCCOCCOCCOCCNC(=O)c3ccc(F)nc3)c3cc(CNc4ncc[nH]4)ccc3c2=O)C(=O)O)c(C)c1. The number of amides is 4. The number of hydrogen-bond donors (Lipinski definition) is 8. The summed E-state index contributed by atoms with van der Waals surface area (Å²) in [7, 11) is -4.35. The Hall–Kier alpha value is -7.48. The van der Waals surface area contributed by atoms with Crippen molar-refractivity contribution >= 4 is 56.5 Å². The quantitative estimate of drug-likeness (QED) is 0.0200. The van der Waals surface area contributed by atoms with E-state index >= 15 is 0 Å². The molecule has 96 heavy (non-hydrogen) atoms. The zero-order valence-electron chi connectivity index (χ0n) is 54.6. The third kappa shape index (κ3) is 32.0. The number of rotatable bonds is 55. The molecule has 8 N–H and O–H groups in total. The van der Waals surface area contributed by atoms with Crippen LogP contribution in [0.2, 0.25) is 0 Å². The van der Waals surface area contributed by atoms with Crippen LogP contribution < -0.4 is 36.7 Å². The van der Waals surface area contributed by atoms with Crippen molar-refractivity contribution in [1.82, 2.24) is 45.5 Å². The lowest BCUT2D eigenvalue weighted by molar-refractivity contribution is -0.138. The predicted molar refractivity (Wildman–Crippen MR) is 346 cm³/mol. The van der Waals surface area contributed by atoms with Crippen molar-refractivity contribution in [2.45, 2.75) is 51.2 Å². The van der Waals surface area contributed by atoms with Crippen LogP contribution in [0.25, 0.3) is 10.9 Å². The number of nitrogens with one attached hydrogen (secondary N) is 7. The highest BCUT2D eigenvalue weighted by atomic mass is 32.2. The number of fused-ring (bicyclic) bond motifs is 1. The van der Waals surface area contributed by atoms with E-state index in [-0.39, 0.29) is 60.2 Å². The number of H-pyrrole nitrogens is 1. The Morgan fingerprint density at radius 1 is 0.594 bits per heavy atom. The Balaban J connectivity index is 0.794. The van der Waals surface area contributed by atoms with Gasteiger partial charge in [-0.15, -0.1) is 0 Å². The topological polar surface area (TPSA) is 386 Å².